The molecule has 3 heterocycles. The summed E-state index contributed by atoms with van der Waals surface area (Å²) in [6, 6.07) is 7.94. The van der Waals surface area contributed by atoms with Gasteiger partial charge in [-0.2, -0.15) is 10.1 Å². The van der Waals surface area contributed by atoms with Crippen molar-refractivity contribution >= 4 is 5.91 Å². The predicted molar refractivity (Wildman–Crippen MR) is 117 cm³/mol. The average molecular weight is 433 g/mol. The van der Waals surface area contributed by atoms with Gasteiger partial charge >= 0.3 is 0 Å². The predicted octanol–water partition coefficient (Wildman–Crippen LogP) is 3.98. The Hall–Kier alpha value is -3.03. The molecule has 166 valence electrons. The molecule has 0 radical (unpaired) electrons. The fraction of sp³-hybridized carbons (Fsp3) is 0.542. The fourth-order valence-corrected chi connectivity index (χ4v) is 5.04. The molecule has 3 fully saturated rings. The Balaban J connectivity index is 1.07. The molecule has 32 heavy (non-hydrogen) atoms. The van der Waals surface area contributed by atoms with Crippen LogP contribution in [0.3, 0.4) is 0 Å². The molecular weight excluding hydrogens is 404 g/mol. The number of hydrogen-bond acceptors (Lipinski definition) is 6. The van der Waals surface area contributed by atoms with Crippen LogP contribution < -0.4 is 0 Å². The van der Waals surface area contributed by atoms with E-state index in [0.717, 1.165) is 37.3 Å². The zero-order valence-electron chi connectivity index (χ0n) is 18.8. The van der Waals surface area contributed by atoms with E-state index in [1.165, 1.54) is 12.8 Å². The Morgan fingerprint density at radius 3 is 2.47 bits per heavy atom. The molecule has 1 saturated heterocycles. The zero-order chi connectivity index (χ0) is 22.1. The molecule has 0 unspecified atom stereocenters. The second-order valence-electron chi connectivity index (χ2n) is 10.8. The summed E-state index contributed by atoms with van der Waals surface area (Å²) in [6.45, 7) is 7.77. The lowest BCUT2D eigenvalue weighted by Crippen LogP contribution is -2.63. The first-order chi connectivity index (χ1) is 15.3. The normalized spacial score (nSPS) is 20.3. The lowest BCUT2D eigenvalue weighted by molar-refractivity contribution is -0.0745. The van der Waals surface area contributed by atoms with E-state index in [1.807, 2.05) is 49.9 Å². The molecule has 8 heteroatoms. The third kappa shape index (κ3) is 3.24. The van der Waals surface area contributed by atoms with E-state index in [-0.39, 0.29) is 16.7 Å². The maximum Gasteiger partial charge on any atom is 0.253 e. The van der Waals surface area contributed by atoms with E-state index in [4.69, 9.17) is 4.52 Å². The summed E-state index contributed by atoms with van der Waals surface area (Å²) in [5.41, 5.74) is 1.62. The zero-order valence-corrected chi connectivity index (χ0v) is 18.8. The Kier molecular flexibility index (Phi) is 4.13. The van der Waals surface area contributed by atoms with E-state index >= 15 is 0 Å². The van der Waals surface area contributed by atoms with Crippen LogP contribution in [0.5, 0.6) is 0 Å². The van der Waals surface area contributed by atoms with Crippen LogP contribution in [-0.4, -0.2) is 48.8 Å². The molecule has 0 N–H and O–H groups in total. The van der Waals surface area contributed by atoms with Gasteiger partial charge < -0.3 is 9.42 Å². The number of aromatic nitrogens is 5. The SMILES string of the molecule is CC(C)(C)c1nc(-c2ccc(C(=O)N3CC4(CC(n5ncnc5C5CC5)C4)C3)cc2)no1. The van der Waals surface area contributed by atoms with Crippen LogP contribution in [0.1, 0.15) is 80.5 Å². The smallest absolute Gasteiger partial charge is 0.253 e. The van der Waals surface area contributed by atoms with Gasteiger partial charge in [0, 0.05) is 41.0 Å². The molecule has 0 atom stereocenters. The standard InChI is InChI=1S/C24H28N6O2/c1-23(2,3)22-27-19(28-32-22)15-4-8-17(9-5-15)21(31)29-12-24(13-29)10-18(11-24)30-20(16-6-7-16)25-14-26-30/h4-5,8-9,14,16,18H,6-7,10-13H2,1-3H3. The number of carbonyl (C=O) groups excluding carboxylic acids is 1. The lowest BCUT2D eigenvalue weighted by Gasteiger charge is -2.59. The lowest BCUT2D eigenvalue weighted by atomic mass is 9.60. The van der Waals surface area contributed by atoms with Crippen LogP contribution in [0.25, 0.3) is 11.4 Å². The molecule has 8 nitrogen and oxygen atoms in total. The Bertz CT molecular complexity index is 1150. The summed E-state index contributed by atoms with van der Waals surface area (Å²) < 4.78 is 7.53. The Morgan fingerprint density at radius 2 is 1.84 bits per heavy atom. The molecule has 3 aliphatic rings. The molecule has 2 saturated carbocycles. The van der Waals surface area contributed by atoms with Crippen molar-refractivity contribution in [2.75, 3.05) is 13.1 Å². The maximum absolute atomic E-state index is 12.9. The minimum atomic E-state index is -0.192. The monoisotopic (exact) mass is 432 g/mol. The number of benzene rings is 1. The van der Waals surface area contributed by atoms with Crippen molar-refractivity contribution in [1.29, 1.82) is 0 Å². The Morgan fingerprint density at radius 1 is 1.12 bits per heavy atom. The highest BCUT2D eigenvalue weighted by molar-refractivity contribution is 5.95. The highest BCUT2D eigenvalue weighted by Gasteiger charge is 2.55. The van der Waals surface area contributed by atoms with Crippen LogP contribution in [-0.2, 0) is 5.41 Å². The molecule has 2 aromatic heterocycles. The van der Waals surface area contributed by atoms with Crippen molar-refractivity contribution in [3.05, 3.63) is 47.9 Å². The van der Waals surface area contributed by atoms with Crippen molar-refractivity contribution in [2.24, 2.45) is 5.41 Å². The number of likely N-dealkylation sites (tertiary alicyclic amines) is 1. The summed E-state index contributed by atoms with van der Waals surface area (Å²) in [5, 5.41) is 8.56. The second-order valence-corrected chi connectivity index (χ2v) is 10.8. The van der Waals surface area contributed by atoms with E-state index < -0.39 is 0 Å². The minimum absolute atomic E-state index is 0.0912. The van der Waals surface area contributed by atoms with Crippen LogP contribution in [0.15, 0.2) is 35.1 Å². The van der Waals surface area contributed by atoms with Crippen molar-refractivity contribution in [1.82, 2.24) is 29.8 Å². The van der Waals surface area contributed by atoms with E-state index in [9.17, 15) is 4.79 Å². The van der Waals surface area contributed by atoms with Gasteiger partial charge in [-0.1, -0.05) is 38.1 Å². The van der Waals surface area contributed by atoms with Crippen molar-refractivity contribution in [3.8, 4) is 11.4 Å². The highest BCUT2D eigenvalue weighted by Crippen LogP contribution is 2.55. The van der Waals surface area contributed by atoms with Gasteiger partial charge in [0.05, 0.1) is 6.04 Å². The molecule has 2 aliphatic carbocycles. The number of carbonyl (C=O) groups is 1. The Labute approximate surface area is 187 Å². The second kappa shape index (κ2) is 6.73. The number of nitrogens with zero attached hydrogens (tertiary/aromatic N) is 6. The average Bonchev–Trinajstić information content (AvgIpc) is 3.22. The summed E-state index contributed by atoms with van der Waals surface area (Å²) in [6.07, 6.45) is 6.35. The van der Waals surface area contributed by atoms with Crippen LogP contribution in [0.4, 0.5) is 0 Å². The largest absolute Gasteiger partial charge is 0.338 e. The number of rotatable bonds is 4. The van der Waals surface area contributed by atoms with Gasteiger partial charge in [0.1, 0.15) is 12.2 Å². The third-order valence-corrected chi connectivity index (χ3v) is 7.02. The number of amides is 1. The minimum Gasteiger partial charge on any atom is -0.338 e. The van der Waals surface area contributed by atoms with Crippen LogP contribution in [0, 0.1) is 5.41 Å². The summed E-state index contributed by atoms with van der Waals surface area (Å²) in [7, 11) is 0. The van der Waals surface area contributed by atoms with Gasteiger partial charge in [-0.25, -0.2) is 9.67 Å². The fourth-order valence-electron chi connectivity index (χ4n) is 5.04. The van der Waals surface area contributed by atoms with Crippen molar-refractivity contribution in [3.63, 3.8) is 0 Å². The summed E-state index contributed by atoms with van der Waals surface area (Å²) >= 11 is 0. The maximum atomic E-state index is 12.9. The molecule has 6 rings (SSSR count). The first kappa shape index (κ1) is 19.6. The van der Waals surface area contributed by atoms with Gasteiger partial charge in [-0.3, -0.25) is 4.79 Å². The molecule has 3 aromatic rings. The van der Waals surface area contributed by atoms with E-state index in [1.54, 1.807) is 6.33 Å². The van der Waals surface area contributed by atoms with Crippen molar-refractivity contribution < 1.29 is 9.32 Å². The third-order valence-electron chi connectivity index (χ3n) is 7.02. The van der Waals surface area contributed by atoms with Gasteiger partial charge in [0.15, 0.2) is 0 Å². The molecule has 0 bridgehead atoms. The first-order valence-corrected chi connectivity index (χ1v) is 11.4. The van der Waals surface area contributed by atoms with Gasteiger partial charge in [0.2, 0.25) is 11.7 Å². The molecule has 1 spiro atoms. The topological polar surface area (TPSA) is 89.9 Å². The van der Waals surface area contributed by atoms with Gasteiger partial charge in [-0.15, -0.1) is 0 Å². The van der Waals surface area contributed by atoms with Crippen LogP contribution in [0.2, 0.25) is 0 Å². The molecule has 1 aromatic carbocycles. The van der Waals surface area contributed by atoms with Crippen molar-refractivity contribution in [2.45, 2.75) is 63.8 Å². The summed E-state index contributed by atoms with van der Waals surface area (Å²) in [5.74, 6) is 3.02. The first-order valence-electron chi connectivity index (χ1n) is 11.4. The van der Waals surface area contributed by atoms with Crippen LogP contribution >= 0.6 is 0 Å². The van der Waals surface area contributed by atoms with E-state index in [0.29, 0.717) is 29.2 Å². The molecule has 1 amide bonds. The number of hydrogen-bond donors (Lipinski definition) is 0. The molecule has 1 aliphatic heterocycles. The molecular formula is C24H28N6O2. The van der Waals surface area contributed by atoms with Gasteiger partial charge in [0.25, 0.3) is 5.91 Å². The quantitative estimate of drug-likeness (QED) is 0.619. The van der Waals surface area contributed by atoms with Gasteiger partial charge in [-0.05, 0) is 37.8 Å². The highest BCUT2D eigenvalue weighted by atomic mass is 16.5. The summed E-state index contributed by atoms with van der Waals surface area (Å²) in [4.78, 5) is 23.9. The van der Waals surface area contributed by atoms with E-state index in [2.05, 4.69) is 24.9 Å².